The van der Waals surface area contributed by atoms with Gasteiger partial charge in [0.25, 0.3) is 5.91 Å². The smallest absolute Gasteiger partial charge is 0.329 e. The minimum Gasteiger partial charge on any atom is -0.460 e. The van der Waals surface area contributed by atoms with E-state index in [1.807, 2.05) is 34.6 Å². The fourth-order valence-electron chi connectivity index (χ4n) is 6.35. The molecular formula is C32H51N5O7. The molecule has 0 bridgehead atoms. The summed E-state index contributed by atoms with van der Waals surface area (Å²) in [4.78, 5) is 79.8. The monoisotopic (exact) mass is 617 g/mol. The molecule has 0 aromatic heterocycles. The van der Waals surface area contributed by atoms with Crippen LogP contribution in [0.15, 0.2) is 12.7 Å². The molecule has 2 saturated carbocycles. The van der Waals surface area contributed by atoms with E-state index < -0.39 is 65.1 Å². The van der Waals surface area contributed by atoms with E-state index in [0.717, 1.165) is 12.8 Å². The molecule has 1 aliphatic heterocycles. The molecule has 1 saturated heterocycles. The Kier molecular flexibility index (Phi) is 10.3. The number of likely N-dealkylation sites (tertiary alicyclic amines) is 1. The predicted molar refractivity (Wildman–Crippen MR) is 164 cm³/mol. The number of primary amides is 1. The second kappa shape index (κ2) is 12.9. The zero-order chi connectivity index (χ0) is 33.4. The molecule has 0 aromatic rings. The SMILES string of the molecule is C=CCOC(=O)[C@H](CC(C)(C)C)NC(=O)N[C@H](C(=O)N1C[C@H]2[C@@H]([C@H]1C(=O)NC(CC1CC1)C(=O)C(N)=O)C2(C)C)C(C)(C)C. The van der Waals surface area contributed by atoms with Gasteiger partial charge in [-0.3, -0.25) is 19.2 Å². The topological polar surface area (TPSA) is 177 Å². The van der Waals surface area contributed by atoms with Crippen molar-refractivity contribution in [2.24, 2.45) is 39.7 Å². The van der Waals surface area contributed by atoms with Gasteiger partial charge in [0.15, 0.2) is 0 Å². The molecule has 2 aliphatic carbocycles. The number of piperidine rings is 1. The summed E-state index contributed by atoms with van der Waals surface area (Å²) in [7, 11) is 0. The summed E-state index contributed by atoms with van der Waals surface area (Å²) >= 11 is 0. The van der Waals surface area contributed by atoms with Crippen molar-refractivity contribution in [3.63, 3.8) is 0 Å². The summed E-state index contributed by atoms with van der Waals surface area (Å²) in [6.07, 6.45) is 3.88. The molecule has 3 aliphatic rings. The molecule has 3 rings (SSSR count). The third-order valence-corrected chi connectivity index (χ3v) is 9.04. The van der Waals surface area contributed by atoms with Crippen LogP contribution in [0.4, 0.5) is 4.79 Å². The number of carbonyl (C=O) groups excluding carboxylic acids is 6. The summed E-state index contributed by atoms with van der Waals surface area (Å²) in [5.41, 5.74) is 3.99. The van der Waals surface area contributed by atoms with Crippen molar-refractivity contribution in [1.29, 1.82) is 0 Å². The molecule has 44 heavy (non-hydrogen) atoms. The number of Topliss-reactive ketones (excluding diaryl/α,β-unsaturated/α-hetero) is 1. The summed E-state index contributed by atoms with van der Waals surface area (Å²) < 4.78 is 5.20. The zero-order valence-electron chi connectivity index (χ0n) is 27.5. The minimum absolute atomic E-state index is 0.00444. The van der Waals surface area contributed by atoms with E-state index in [-0.39, 0.29) is 35.2 Å². The van der Waals surface area contributed by atoms with Crippen LogP contribution in [-0.2, 0) is 28.7 Å². The van der Waals surface area contributed by atoms with Crippen molar-refractivity contribution in [2.75, 3.05) is 13.2 Å². The second-order valence-corrected chi connectivity index (χ2v) is 15.5. The number of nitrogens with zero attached hydrogens (tertiary/aromatic N) is 1. The van der Waals surface area contributed by atoms with Crippen LogP contribution in [-0.4, -0.2) is 77.7 Å². The Hall–Kier alpha value is -3.44. The first kappa shape index (κ1) is 35.0. The molecule has 246 valence electrons. The third-order valence-electron chi connectivity index (χ3n) is 9.04. The minimum atomic E-state index is -1.11. The molecule has 3 fully saturated rings. The van der Waals surface area contributed by atoms with E-state index in [0.29, 0.717) is 19.4 Å². The molecule has 0 aromatic carbocycles. The van der Waals surface area contributed by atoms with Crippen LogP contribution in [0, 0.1) is 34.0 Å². The van der Waals surface area contributed by atoms with Crippen molar-refractivity contribution in [3.05, 3.63) is 12.7 Å². The number of rotatable bonds is 13. The number of ether oxygens (including phenoxy) is 1. The van der Waals surface area contributed by atoms with Gasteiger partial charge in [-0.1, -0.05) is 80.9 Å². The lowest BCUT2D eigenvalue weighted by atomic mass is 9.85. The standard InChI is InChI=1S/C32H51N5O7/c1-10-13-44-28(42)20(15-30(2,3)4)35-29(43)36-24(31(5,6)7)27(41)37-16-18-21(32(18,8)9)22(37)26(40)34-19(14-17-11-12-17)23(38)25(33)39/h10,17-22,24H,1,11-16H2,2-9H3,(H2,33,39)(H,34,40)(H2,35,36,43)/t18-,19?,20-,21-,22-,24+/m0/s1. The Balaban J connectivity index is 1.81. The van der Waals surface area contributed by atoms with Gasteiger partial charge in [-0.2, -0.15) is 0 Å². The third kappa shape index (κ3) is 8.38. The first-order chi connectivity index (χ1) is 20.2. The number of ketones is 1. The fourth-order valence-corrected chi connectivity index (χ4v) is 6.35. The highest BCUT2D eigenvalue weighted by Crippen LogP contribution is 2.65. The van der Waals surface area contributed by atoms with E-state index in [2.05, 4.69) is 22.5 Å². The number of fused-ring (bicyclic) bond motifs is 1. The average molecular weight is 618 g/mol. The maximum absolute atomic E-state index is 14.2. The number of esters is 1. The first-order valence-electron chi connectivity index (χ1n) is 15.5. The van der Waals surface area contributed by atoms with E-state index >= 15 is 0 Å². The Bertz CT molecular complexity index is 1180. The summed E-state index contributed by atoms with van der Waals surface area (Å²) in [6, 6.07) is -4.66. The Morgan fingerprint density at radius 3 is 2.11 bits per heavy atom. The molecule has 1 heterocycles. The van der Waals surface area contributed by atoms with Crippen LogP contribution in [0.2, 0.25) is 0 Å². The highest BCUT2D eigenvalue weighted by Gasteiger charge is 2.70. The van der Waals surface area contributed by atoms with Gasteiger partial charge in [0.1, 0.15) is 24.7 Å². The van der Waals surface area contributed by atoms with E-state index in [9.17, 15) is 28.8 Å². The van der Waals surface area contributed by atoms with Crippen LogP contribution in [0.5, 0.6) is 0 Å². The number of hydrogen-bond acceptors (Lipinski definition) is 7. The maximum Gasteiger partial charge on any atom is 0.329 e. The van der Waals surface area contributed by atoms with Gasteiger partial charge in [0.2, 0.25) is 17.6 Å². The van der Waals surface area contributed by atoms with Crippen LogP contribution in [0.25, 0.3) is 0 Å². The Morgan fingerprint density at radius 2 is 1.61 bits per heavy atom. The van der Waals surface area contributed by atoms with Crippen molar-refractivity contribution < 1.29 is 33.5 Å². The van der Waals surface area contributed by atoms with Gasteiger partial charge in [0, 0.05) is 6.54 Å². The lowest BCUT2D eigenvalue weighted by Crippen LogP contribution is -2.62. The molecule has 12 heteroatoms. The van der Waals surface area contributed by atoms with Crippen LogP contribution >= 0.6 is 0 Å². The molecule has 5 amide bonds. The number of nitrogens with one attached hydrogen (secondary N) is 3. The highest BCUT2D eigenvalue weighted by atomic mass is 16.5. The predicted octanol–water partition coefficient (Wildman–Crippen LogP) is 2.06. The van der Waals surface area contributed by atoms with Crippen LogP contribution in [0.3, 0.4) is 0 Å². The second-order valence-electron chi connectivity index (χ2n) is 15.5. The van der Waals surface area contributed by atoms with Crippen molar-refractivity contribution in [2.45, 2.75) is 105 Å². The summed E-state index contributed by atoms with van der Waals surface area (Å²) in [6.45, 7) is 19.1. The van der Waals surface area contributed by atoms with E-state index in [1.165, 1.54) is 11.0 Å². The number of hydrogen-bond donors (Lipinski definition) is 4. The molecule has 0 spiro atoms. The summed E-state index contributed by atoms with van der Waals surface area (Å²) in [5.74, 6) is -3.39. The number of urea groups is 1. The number of amides is 5. The largest absolute Gasteiger partial charge is 0.460 e. The molecular weight excluding hydrogens is 566 g/mol. The van der Waals surface area contributed by atoms with E-state index in [1.54, 1.807) is 20.8 Å². The quantitative estimate of drug-likeness (QED) is 0.139. The van der Waals surface area contributed by atoms with Crippen LogP contribution in [0.1, 0.15) is 81.1 Å². The van der Waals surface area contributed by atoms with Gasteiger partial charge < -0.3 is 31.3 Å². The van der Waals surface area contributed by atoms with Gasteiger partial charge in [-0.15, -0.1) is 0 Å². The first-order valence-corrected chi connectivity index (χ1v) is 15.5. The molecule has 1 unspecified atom stereocenters. The fraction of sp³-hybridized carbons (Fsp3) is 0.750. The van der Waals surface area contributed by atoms with Gasteiger partial charge in [-0.25, -0.2) is 9.59 Å². The van der Waals surface area contributed by atoms with Gasteiger partial charge >= 0.3 is 12.0 Å². The van der Waals surface area contributed by atoms with E-state index in [4.69, 9.17) is 10.5 Å². The molecule has 0 radical (unpaired) electrons. The zero-order valence-corrected chi connectivity index (χ0v) is 27.5. The Labute approximate surface area is 260 Å². The highest BCUT2D eigenvalue weighted by molar-refractivity contribution is 6.37. The molecule has 12 nitrogen and oxygen atoms in total. The summed E-state index contributed by atoms with van der Waals surface area (Å²) in [5, 5.41) is 8.19. The normalized spacial score (nSPS) is 24.2. The van der Waals surface area contributed by atoms with Crippen molar-refractivity contribution in [1.82, 2.24) is 20.9 Å². The maximum atomic E-state index is 14.2. The van der Waals surface area contributed by atoms with Crippen molar-refractivity contribution in [3.8, 4) is 0 Å². The number of carbonyl (C=O) groups is 6. The molecule has 6 atom stereocenters. The Morgan fingerprint density at radius 1 is 1.00 bits per heavy atom. The molecule has 5 N–H and O–H groups in total. The van der Waals surface area contributed by atoms with Gasteiger partial charge in [-0.05, 0) is 46.8 Å². The average Bonchev–Trinajstić information content (AvgIpc) is 3.74. The lowest BCUT2D eigenvalue weighted by molar-refractivity contribution is -0.145. The van der Waals surface area contributed by atoms with Gasteiger partial charge in [0.05, 0.1) is 6.04 Å². The number of nitrogens with two attached hydrogens (primary N) is 1. The lowest BCUT2D eigenvalue weighted by Gasteiger charge is -2.38. The van der Waals surface area contributed by atoms with Crippen LogP contribution < -0.4 is 21.7 Å². The van der Waals surface area contributed by atoms with Crippen molar-refractivity contribution >= 4 is 35.5 Å².